The van der Waals surface area contributed by atoms with Gasteiger partial charge in [-0.25, -0.2) is 4.79 Å². The molecule has 2 aliphatic rings. The third-order valence-corrected chi connectivity index (χ3v) is 4.79. The lowest BCUT2D eigenvalue weighted by Crippen LogP contribution is -2.40. The molecular formula is C21H24N2O3. The number of anilines is 1. The van der Waals surface area contributed by atoms with Gasteiger partial charge in [-0.2, -0.15) is 0 Å². The van der Waals surface area contributed by atoms with Crippen LogP contribution in [0.5, 0.6) is 11.5 Å². The maximum absolute atomic E-state index is 12.8. The normalized spacial score (nSPS) is 19.2. The number of amides is 2. The molecule has 5 heteroatoms. The minimum atomic E-state index is -0.0312. The van der Waals surface area contributed by atoms with E-state index in [1.54, 1.807) is 0 Å². The van der Waals surface area contributed by atoms with Gasteiger partial charge in [-0.1, -0.05) is 24.3 Å². The van der Waals surface area contributed by atoms with E-state index in [1.807, 2.05) is 59.5 Å². The number of rotatable bonds is 6. The monoisotopic (exact) mass is 352 g/mol. The van der Waals surface area contributed by atoms with Crippen molar-refractivity contribution in [2.45, 2.75) is 25.3 Å². The smallest absolute Gasteiger partial charge is 0.322 e. The van der Waals surface area contributed by atoms with Crippen LogP contribution in [-0.4, -0.2) is 36.7 Å². The van der Waals surface area contributed by atoms with Crippen molar-refractivity contribution in [2.24, 2.45) is 5.92 Å². The molecule has 26 heavy (non-hydrogen) atoms. The summed E-state index contributed by atoms with van der Waals surface area (Å²) in [5, 5.41) is 3.03. The van der Waals surface area contributed by atoms with E-state index in [9.17, 15) is 4.79 Å². The minimum absolute atomic E-state index is 0.0312. The zero-order chi connectivity index (χ0) is 17.8. The molecule has 0 bridgehead atoms. The Morgan fingerprint density at radius 3 is 2.62 bits per heavy atom. The predicted molar refractivity (Wildman–Crippen MR) is 101 cm³/mol. The summed E-state index contributed by atoms with van der Waals surface area (Å²) in [6, 6.07) is 17.5. The molecule has 1 saturated heterocycles. The molecule has 1 aliphatic carbocycles. The van der Waals surface area contributed by atoms with Crippen LogP contribution in [0, 0.1) is 5.92 Å². The van der Waals surface area contributed by atoms with Crippen molar-refractivity contribution in [1.29, 1.82) is 0 Å². The fourth-order valence-electron chi connectivity index (χ4n) is 3.25. The Labute approximate surface area is 153 Å². The Morgan fingerprint density at radius 2 is 1.88 bits per heavy atom. The average Bonchev–Trinajstić information content (AvgIpc) is 3.36. The summed E-state index contributed by atoms with van der Waals surface area (Å²) in [5.41, 5.74) is 0.747. The van der Waals surface area contributed by atoms with Gasteiger partial charge in [-0.3, -0.25) is 0 Å². The van der Waals surface area contributed by atoms with Gasteiger partial charge in [0.15, 0.2) is 0 Å². The van der Waals surface area contributed by atoms with Gasteiger partial charge in [0.25, 0.3) is 0 Å². The summed E-state index contributed by atoms with van der Waals surface area (Å²) in [4.78, 5) is 14.8. The van der Waals surface area contributed by atoms with Gasteiger partial charge in [0.2, 0.25) is 0 Å². The van der Waals surface area contributed by atoms with E-state index in [4.69, 9.17) is 9.47 Å². The van der Waals surface area contributed by atoms with E-state index in [0.717, 1.165) is 50.5 Å². The first-order valence-electron chi connectivity index (χ1n) is 9.26. The van der Waals surface area contributed by atoms with Gasteiger partial charge in [-0.15, -0.1) is 0 Å². The molecule has 136 valence electrons. The molecule has 4 rings (SSSR count). The van der Waals surface area contributed by atoms with Crippen molar-refractivity contribution in [3.8, 4) is 11.5 Å². The van der Waals surface area contributed by atoms with Crippen LogP contribution in [0.3, 0.4) is 0 Å². The van der Waals surface area contributed by atoms with Crippen LogP contribution in [0.4, 0.5) is 10.5 Å². The van der Waals surface area contributed by atoms with Crippen molar-refractivity contribution >= 4 is 11.7 Å². The summed E-state index contributed by atoms with van der Waals surface area (Å²) >= 11 is 0. The van der Waals surface area contributed by atoms with Crippen molar-refractivity contribution in [3.05, 3.63) is 54.6 Å². The number of nitrogens with zero attached hydrogens (tertiary/aromatic N) is 1. The number of ether oxygens (including phenoxy) is 2. The lowest BCUT2D eigenvalue weighted by Gasteiger charge is -2.25. The maximum Gasteiger partial charge on any atom is 0.322 e. The molecule has 1 aliphatic heterocycles. The quantitative estimate of drug-likeness (QED) is 0.832. The topological polar surface area (TPSA) is 50.8 Å². The summed E-state index contributed by atoms with van der Waals surface area (Å²) in [7, 11) is 0. The standard InChI is InChI=1S/C21H24N2O3/c24-21(23(18-9-10-18)14-16-11-12-25-15-16)22-17-5-4-8-20(13-17)26-19-6-2-1-3-7-19/h1-8,13,16,18H,9-12,14-15H2,(H,22,24). The Kier molecular flexibility index (Phi) is 5.07. The Balaban J connectivity index is 1.40. The van der Waals surface area contributed by atoms with E-state index >= 15 is 0 Å². The van der Waals surface area contributed by atoms with Crippen molar-refractivity contribution in [1.82, 2.24) is 4.90 Å². The second kappa shape index (κ2) is 7.79. The molecule has 2 aromatic carbocycles. The first-order valence-corrected chi connectivity index (χ1v) is 9.26. The fraction of sp³-hybridized carbons (Fsp3) is 0.381. The summed E-state index contributed by atoms with van der Waals surface area (Å²) in [5.74, 6) is 1.93. The molecule has 1 heterocycles. The molecule has 1 unspecified atom stereocenters. The van der Waals surface area contributed by atoms with E-state index in [1.165, 1.54) is 0 Å². The van der Waals surface area contributed by atoms with Crippen LogP contribution < -0.4 is 10.1 Å². The van der Waals surface area contributed by atoms with E-state index < -0.39 is 0 Å². The SMILES string of the molecule is O=C(Nc1cccc(Oc2ccccc2)c1)N(CC1CCOC1)C1CC1. The van der Waals surface area contributed by atoms with Crippen molar-refractivity contribution in [3.63, 3.8) is 0 Å². The number of para-hydroxylation sites is 1. The van der Waals surface area contributed by atoms with Gasteiger partial charge >= 0.3 is 6.03 Å². The number of urea groups is 1. The van der Waals surface area contributed by atoms with Gasteiger partial charge < -0.3 is 19.7 Å². The average molecular weight is 352 g/mol. The van der Waals surface area contributed by atoms with Crippen molar-refractivity contribution < 1.29 is 14.3 Å². The number of nitrogens with one attached hydrogen (secondary N) is 1. The van der Waals surface area contributed by atoms with Gasteiger partial charge in [0.05, 0.1) is 6.61 Å². The molecule has 1 N–H and O–H groups in total. The first kappa shape index (κ1) is 16.9. The molecule has 0 spiro atoms. The molecule has 2 aromatic rings. The van der Waals surface area contributed by atoms with Gasteiger partial charge in [0, 0.05) is 36.9 Å². The van der Waals surface area contributed by atoms with Crippen LogP contribution in [0.15, 0.2) is 54.6 Å². The molecule has 2 fully saturated rings. The lowest BCUT2D eigenvalue weighted by molar-refractivity contribution is 0.167. The van der Waals surface area contributed by atoms with E-state index in [-0.39, 0.29) is 6.03 Å². The van der Waals surface area contributed by atoms with Gasteiger partial charge in [0.1, 0.15) is 11.5 Å². The number of carbonyl (C=O) groups is 1. The number of hydrogen-bond donors (Lipinski definition) is 1. The van der Waals surface area contributed by atoms with Crippen LogP contribution in [0.2, 0.25) is 0 Å². The molecule has 1 saturated carbocycles. The highest BCUT2D eigenvalue weighted by Gasteiger charge is 2.34. The molecule has 5 nitrogen and oxygen atoms in total. The Morgan fingerprint density at radius 1 is 1.08 bits per heavy atom. The molecule has 0 radical (unpaired) electrons. The fourth-order valence-corrected chi connectivity index (χ4v) is 3.25. The van der Waals surface area contributed by atoms with Crippen LogP contribution in [-0.2, 0) is 4.74 Å². The Bertz CT molecular complexity index is 740. The van der Waals surface area contributed by atoms with Gasteiger partial charge in [-0.05, 0) is 43.5 Å². The number of hydrogen-bond acceptors (Lipinski definition) is 3. The second-order valence-electron chi connectivity index (χ2n) is 6.99. The highest BCUT2D eigenvalue weighted by atomic mass is 16.5. The van der Waals surface area contributed by atoms with Crippen LogP contribution in [0.1, 0.15) is 19.3 Å². The van der Waals surface area contributed by atoms with Crippen LogP contribution in [0.25, 0.3) is 0 Å². The molecule has 2 amide bonds. The summed E-state index contributed by atoms with van der Waals surface area (Å²) < 4.78 is 11.3. The first-order chi connectivity index (χ1) is 12.8. The third-order valence-electron chi connectivity index (χ3n) is 4.79. The lowest BCUT2D eigenvalue weighted by atomic mass is 10.1. The molecule has 0 aromatic heterocycles. The molecular weight excluding hydrogens is 328 g/mol. The predicted octanol–water partition coefficient (Wildman–Crippen LogP) is 4.51. The highest BCUT2D eigenvalue weighted by Crippen LogP contribution is 2.30. The largest absolute Gasteiger partial charge is 0.457 e. The zero-order valence-corrected chi connectivity index (χ0v) is 14.8. The third kappa shape index (κ3) is 4.35. The maximum atomic E-state index is 12.8. The molecule has 1 atom stereocenters. The summed E-state index contributed by atoms with van der Waals surface area (Å²) in [6.07, 6.45) is 3.23. The minimum Gasteiger partial charge on any atom is -0.457 e. The number of carbonyl (C=O) groups excluding carboxylic acids is 1. The van der Waals surface area contributed by atoms with Crippen molar-refractivity contribution in [2.75, 3.05) is 25.1 Å². The Hall–Kier alpha value is -2.53. The van der Waals surface area contributed by atoms with Crippen LogP contribution >= 0.6 is 0 Å². The summed E-state index contributed by atoms with van der Waals surface area (Å²) in [6.45, 7) is 2.34. The zero-order valence-electron chi connectivity index (χ0n) is 14.8. The highest BCUT2D eigenvalue weighted by molar-refractivity contribution is 5.90. The van der Waals surface area contributed by atoms with E-state index in [0.29, 0.717) is 17.7 Å². The second-order valence-corrected chi connectivity index (χ2v) is 6.99. The number of benzene rings is 2. The van der Waals surface area contributed by atoms with E-state index in [2.05, 4.69) is 5.32 Å².